The molecule has 0 fully saturated rings. The van der Waals surface area contributed by atoms with Gasteiger partial charge in [0.2, 0.25) is 0 Å². The quantitative estimate of drug-likeness (QED) is 0.565. The number of hydrogen-bond acceptors (Lipinski definition) is 3. The van der Waals surface area contributed by atoms with E-state index in [1.54, 1.807) is 0 Å². The summed E-state index contributed by atoms with van der Waals surface area (Å²) in [5.41, 5.74) is 5.52. The van der Waals surface area contributed by atoms with Gasteiger partial charge in [-0.2, -0.15) is 10.4 Å². The van der Waals surface area contributed by atoms with Gasteiger partial charge in [-0.3, -0.25) is 5.10 Å². The van der Waals surface area contributed by atoms with E-state index in [0.29, 0.717) is 16.5 Å². The Hall–Kier alpha value is -3.29. The zero-order valence-corrected chi connectivity index (χ0v) is 19.0. The Kier molecular flexibility index (Phi) is 5.36. The van der Waals surface area contributed by atoms with Gasteiger partial charge in [0.1, 0.15) is 0 Å². The summed E-state index contributed by atoms with van der Waals surface area (Å²) in [6.45, 7) is 4.35. The van der Waals surface area contributed by atoms with Crippen LogP contribution in [0.4, 0.5) is 5.82 Å². The molecule has 160 valence electrons. The second-order valence-corrected chi connectivity index (χ2v) is 9.03. The number of nitriles is 1. The van der Waals surface area contributed by atoms with Crippen LogP contribution in [0.15, 0.2) is 53.7 Å². The van der Waals surface area contributed by atoms with E-state index >= 15 is 0 Å². The standard InChI is InChI=1S/C27H25ClN4/c1-3-6-23-21(15-29)24(20-7-4-5-8-22(20)28)25-26(31-32-27(25)30-23)19-12-11-17-13-16(2)9-10-18(17)14-19/h4-5,7-8,10-14,16,24H,3,6,9H2,1-2H3,(H2,30,31,32). The monoisotopic (exact) mass is 440 g/mol. The third-order valence-corrected chi connectivity index (χ3v) is 6.71. The molecule has 32 heavy (non-hydrogen) atoms. The number of nitrogens with one attached hydrogen (secondary N) is 2. The average Bonchev–Trinajstić information content (AvgIpc) is 3.22. The second-order valence-electron chi connectivity index (χ2n) is 8.62. The van der Waals surface area contributed by atoms with E-state index in [9.17, 15) is 5.26 Å². The highest BCUT2D eigenvalue weighted by Gasteiger charge is 2.35. The zero-order chi connectivity index (χ0) is 22.2. The fourth-order valence-electron chi connectivity index (χ4n) is 4.82. The number of allylic oxidation sites excluding steroid dienone is 2. The SMILES string of the molecule is CCCC1=C(C#N)C(c2ccccc2Cl)c2c(n[nH]c2-c2ccc3c(c2)=CCC(C)C=3)N1. The Bertz CT molecular complexity index is 1390. The Morgan fingerprint density at radius 1 is 1.19 bits per heavy atom. The number of fused-ring (bicyclic) bond motifs is 2. The van der Waals surface area contributed by atoms with Gasteiger partial charge in [0.05, 0.1) is 23.3 Å². The van der Waals surface area contributed by atoms with Crippen molar-refractivity contribution >= 4 is 29.6 Å². The molecule has 2 aliphatic rings. The first-order chi connectivity index (χ1) is 15.6. The van der Waals surface area contributed by atoms with Crippen molar-refractivity contribution < 1.29 is 0 Å². The number of anilines is 1. The highest BCUT2D eigenvalue weighted by atomic mass is 35.5. The van der Waals surface area contributed by atoms with E-state index in [2.05, 4.69) is 65.8 Å². The van der Waals surface area contributed by atoms with Crippen LogP contribution in [0.3, 0.4) is 0 Å². The van der Waals surface area contributed by atoms with Crippen LogP contribution in [0.25, 0.3) is 23.4 Å². The van der Waals surface area contributed by atoms with E-state index in [1.165, 1.54) is 10.4 Å². The maximum atomic E-state index is 10.2. The Labute approximate surface area is 192 Å². The second kappa shape index (κ2) is 8.33. The third kappa shape index (κ3) is 3.43. The molecule has 0 bridgehead atoms. The molecule has 5 heteroatoms. The summed E-state index contributed by atoms with van der Waals surface area (Å²) in [5.74, 6) is 1.06. The van der Waals surface area contributed by atoms with Crippen LogP contribution in [-0.2, 0) is 0 Å². The van der Waals surface area contributed by atoms with Crippen LogP contribution in [0.1, 0.15) is 50.2 Å². The van der Waals surface area contributed by atoms with Gasteiger partial charge < -0.3 is 5.32 Å². The van der Waals surface area contributed by atoms with Gasteiger partial charge in [0.25, 0.3) is 0 Å². The van der Waals surface area contributed by atoms with Gasteiger partial charge in [0, 0.05) is 21.8 Å². The summed E-state index contributed by atoms with van der Waals surface area (Å²) in [5, 5.41) is 24.7. The van der Waals surface area contributed by atoms with Gasteiger partial charge in [-0.25, -0.2) is 0 Å². The normalized spacial score (nSPS) is 19.2. The van der Waals surface area contributed by atoms with E-state index in [4.69, 9.17) is 11.6 Å². The van der Waals surface area contributed by atoms with E-state index in [-0.39, 0.29) is 5.92 Å². The predicted molar refractivity (Wildman–Crippen MR) is 130 cm³/mol. The van der Waals surface area contributed by atoms with Crippen molar-refractivity contribution in [2.75, 3.05) is 5.32 Å². The molecule has 3 aromatic rings. The molecule has 4 nitrogen and oxygen atoms in total. The number of nitrogens with zero attached hydrogens (tertiary/aromatic N) is 2. The van der Waals surface area contributed by atoms with Crippen LogP contribution < -0.4 is 15.8 Å². The average molecular weight is 441 g/mol. The molecular weight excluding hydrogens is 416 g/mol. The smallest absolute Gasteiger partial charge is 0.156 e. The minimum absolute atomic E-state index is 0.271. The minimum atomic E-state index is -0.271. The van der Waals surface area contributed by atoms with Gasteiger partial charge in [-0.15, -0.1) is 0 Å². The van der Waals surface area contributed by atoms with Crippen molar-refractivity contribution in [2.45, 2.75) is 39.0 Å². The molecule has 0 saturated carbocycles. The molecule has 0 radical (unpaired) electrons. The van der Waals surface area contributed by atoms with Gasteiger partial charge >= 0.3 is 0 Å². The Morgan fingerprint density at radius 2 is 2.03 bits per heavy atom. The van der Waals surface area contributed by atoms with Gasteiger partial charge in [0.15, 0.2) is 5.82 Å². The lowest BCUT2D eigenvalue weighted by Gasteiger charge is -2.27. The minimum Gasteiger partial charge on any atom is -0.341 e. The largest absolute Gasteiger partial charge is 0.341 e. The summed E-state index contributed by atoms with van der Waals surface area (Å²) >= 11 is 6.65. The first kappa shape index (κ1) is 20.6. The fourth-order valence-corrected chi connectivity index (χ4v) is 5.07. The van der Waals surface area contributed by atoms with Crippen LogP contribution in [0.2, 0.25) is 5.02 Å². The topological polar surface area (TPSA) is 64.5 Å². The molecule has 0 saturated heterocycles. The molecule has 0 spiro atoms. The van der Waals surface area contributed by atoms with Crippen molar-refractivity contribution in [1.29, 1.82) is 5.26 Å². The van der Waals surface area contributed by atoms with Gasteiger partial charge in [-0.1, -0.05) is 74.4 Å². The number of benzene rings is 2. The zero-order valence-electron chi connectivity index (χ0n) is 18.2. The highest BCUT2D eigenvalue weighted by Crippen LogP contribution is 2.47. The summed E-state index contributed by atoms with van der Waals surface area (Å²) in [6, 6.07) is 16.8. The Balaban J connectivity index is 1.73. The lowest BCUT2D eigenvalue weighted by atomic mass is 9.80. The third-order valence-electron chi connectivity index (χ3n) is 6.36. The van der Waals surface area contributed by atoms with Crippen molar-refractivity contribution in [3.8, 4) is 17.3 Å². The lowest BCUT2D eigenvalue weighted by Crippen LogP contribution is -2.28. The van der Waals surface area contributed by atoms with Crippen LogP contribution in [-0.4, -0.2) is 10.2 Å². The first-order valence-electron chi connectivity index (χ1n) is 11.2. The number of aromatic amines is 1. The number of halogens is 1. The first-order valence-corrected chi connectivity index (χ1v) is 11.5. The fraction of sp³-hybridized carbons (Fsp3) is 0.259. The molecule has 2 N–H and O–H groups in total. The summed E-state index contributed by atoms with van der Waals surface area (Å²) in [7, 11) is 0. The van der Waals surface area contributed by atoms with E-state index < -0.39 is 0 Å². The van der Waals surface area contributed by atoms with Crippen LogP contribution in [0, 0.1) is 17.2 Å². The number of aromatic nitrogens is 2. The summed E-state index contributed by atoms with van der Waals surface area (Å²) in [6.07, 6.45) is 7.39. The summed E-state index contributed by atoms with van der Waals surface area (Å²) in [4.78, 5) is 0. The predicted octanol–water partition coefficient (Wildman–Crippen LogP) is 5.47. The molecule has 2 heterocycles. The number of H-pyrrole nitrogens is 1. The maximum Gasteiger partial charge on any atom is 0.156 e. The number of hydrogen-bond donors (Lipinski definition) is 2. The number of rotatable bonds is 4. The Morgan fingerprint density at radius 3 is 2.81 bits per heavy atom. The molecule has 2 atom stereocenters. The highest BCUT2D eigenvalue weighted by molar-refractivity contribution is 6.31. The van der Waals surface area contributed by atoms with Crippen LogP contribution in [0.5, 0.6) is 0 Å². The van der Waals surface area contributed by atoms with E-state index in [1.807, 2.05) is 24.3 Å². The van der Waals surface area contributed by atoms with Crippen molar-refractivity contribution in [3.05, 3.63) is 80.3 Å². The lowest BCUT2D eigenvalue weighted by molar-refractivity contribution is 0.800. The molecule has 0 amide bonds. The molecule has 1 aromatic heterocycles. The van der Waals surface area contributed by atoms with Crippen molar-refractivity contribution in [3.63, 3.8) is 0 Å². The molecule has 1 aliphatic heterocycles. The molecule has 2 aromatic carbocycles. The van der Waals surface area contributed by atoms with Crippen molar-refractivity contribution in [2.24, 2.45) is 5.92 Å². The van der Waals surface area contributed by atoms with E-state index in [0.717, 1.165) is 53.2 Å². The van der Waals surface area contributed by atoms with Crippen molar-refractivity contribution in [1.82, 2.24) is 10.2 Å². The van der Waals surface area contributed by atoms with Gasteiger partial charge in [-0.05, 0) is 46.9 Å². The molecule has 5 rings (SSSR count). The molecular formula is C27H25ClN4. The molecule has 1 aliphatic carbocycles. The molecule has 2 unspecified atom stereocenters. The van der Waals surface area contributed by atoms with Crippen LogP contribution >= 0.6 is 11.6 Å². The summed E-state index contributed by atoms with van der Waals surface area (Å²) < 4.78 is 0. The maximum absolute atomic E-state index is 10.2.